The van der Waals surface area contributed by atoms with E-state index >= 15 is 0 Å². The Bertz CT molecular complexity index is 1120. The Balaban J connectivity index is 1.70. The molecule has 0 fully saturated rings. The summed E-state index contributed by atoms with van der Waals surface area (Å²) in [4.78, 5) is 25.6. The van der Waals surface area contributed by atoms with E-state index in [0.717, 1.165) is 16.7 Å². The lowest BCUT2D eigenvalue weighted by Crippen LogP contribution is -2.49. The minimum Gasteiger partial charge on any atom is -0.326 e. The second-order valence-electron chi connectivity index (χ2n) is 7.62. The van der Waals surface area contributed by atoms with Gasteiger partial charge in [0.25, 0.3) is 0 Å². The standard InChI is InChI=1S/C23H26ClN5O2S/c1-5-13(2)19(26-22(31)25-18-11-6-8-14(3)15(18)4)20(30)27-23-29-28-21(32-23)16-9-7-10-17(24)12-16/h6-13,19H,5H2,1-4H3,(H2,25,26,31)(H,27,29,30)/t13-,19+/m0/s1. The third-order valence-electron chi connectivity index (χ3n) is 5.36. The number of hydrogen-bond acceptors (Lipinski definition) is 5. The Labute approximate surface area is 196 Å². The first kappa shape index (κ1) is 23.7. The highest BCUT2D eigenvalue weighted by Gasteiger charge is 2.27. The van der Waals surface area contributed by atoms with E-state index < -0.39 is 12.1 Å². The van der Waals surface area contributed by atoms with Gasteiger partial charge in [-0.2, -0.15) is 0 Å². The molecule has 0 radical (unpaired) electrons. The lowest BCUT2D eigenvalue weighted by Gasteiger charge is -2.23. The molecule has 0 aliphatic carbocycles. The van der Waals surface area contributed by atoms with Crippen molar-refractivity contribution >= 4 is 45.7 Å². The molecule has 1 aromatic heterocycles. The number of rotatable bonds is 7. The number of carbonyl (C=O) groups is 2. The molecule has 0 aliphatic heterocycles. The Morgan fingerprint density at radius 3 is 2.56 bits per heavy atom. The van der Waals surface area contributed by atoms with E-state index in [2.05, 4.69) is 26.1 Å². The molecule has 168 valence electrons. The van der Waals surface area contributed by atoms with Gasteiger partial charge in [-0.1, -0.05) is 67.5 Å². The van der Waals surface area contributed by atoms with Crippen molar-refractivity contribution < 1.29 is 9.59 Å². The average Bonchev–Trinajstić information content (AvgIpc) is 3.23. The predicted molar refractivity (Wildman–Crippen MR) is 130 cm³/mol. The first-order chi connectivity index (χ1) is 15.3. The Morgan fingerprint density at radius 1 is 1.09 bits per heavy atom. The van der Waals surface area contributed by atoms with Crippen LogP contribution in [0.25, 0.3) is 10.6 Å². The van der Waals surface area contributed by atoms with Crippen molar-refractivity contribution in [2.45, 2.75) is 40.2 Å². The van der Waals surface area contributed by atoms with Crippen LogP contribution in [0.3, 0.4) is 0 Å². The zero-order valence-corrected chi connectivity index (χ0v) is 20.0. The van der Waals surface area contributed by atoms with Crippen LogP contribution in [0.4, 0.5) is 15.6 Å². The molecule has 0 saturated carbocycles. The number of amides is 3. The topological polar surface area (TPSA) is 96.0 Å². The fourth-order valence-corrected chi connectivity index (χ4v) is 4.02. The van der Waals surface area contributed by atoms with Gasteiger partial charge in [0.2, 0.25) is 11.0 Å². The molecule has 3 N–H and O–H groups in total. The van der Waals surface area contributed by atoms with Crippen LogP contribution in [-0.4, -0.2) is 28.2 Å². The van der Waals surface area contributed by atoms with Gasteiger partial charge in [-0.3, -0.25) is 10.1 Å². The summed E-state index contributed by atoms with van der Waals surface area (Å²) in [6.07, 6.45) is 0.714. The van der Waals surface area contributed by atoms with E-state index in [1.165, 1.54) is 11.3 Å². The Kier molecular flexibility index (Phi) is 7.82. The van der Waals surface area contributed by atoms with Gasteiger partial charge >= 0.3 is 6.03 Å². The second kappa shape index (κ2) is 10.6. The molecule has 7 nitrogen and oxygen atoms in total. The fourth-order valence-electron chi connectivity index (χ4n) is 3.08. The summed E-state index contributed by atoms with van der Waals surface area (Å²) in [6.45, 7) is 7.81. The van der Waals surface area contributed by atoms with Gasteiger partial charge in [-0.25, -0.2) is 4.79 Å². The van der Waals surface area contributed by atoms with Crippen molar-refractivity contribution in [3.63, 3.8) is 0 Å². The van der Waals surface area contributed by atoms with Gasteiger partial charge in [-0.15, -0.1) is 10.2 Å². The maximum absolute atomic E-state index is 13.0. The molecule has 3 rings (SSSR count). The van der Waals surface area contributed by atoms with E-state index in [9.17, 15) is 9.59 Å². The van der Waals surface area contributed by atoms with Crippen LogP contribution in [0.15, 0.2) is 42.5 Å². The number of hydrogen-bond donors (Lipinski definition) is 3. The third-order valence-corrected chi connectivity index (χ3v) is 6.48. The minimum absolute atomic E-state index is 0.0836. The molecular formula is C23H26ClN5O2S. The number of aryl methyl sites for hydroxylation is 1. The average molecular weight is 472 g/mol. The first-order valence-corrected chi connectivity index (χ1v) is 11.5. The van der Waals surface area contributed by atoms with E-state index in [-0.39, 0.29) is 11.8 Å². The summed E-state index contributed by atoms with van der Waals surface area (Å²) in [5.41, 5.74) is 3.58. The van der Waals surface area contributed by atoms with Crippen LogP contribution < -0.4 is 16.0 Å². The number of aromatic nitrogens is 2. The van der Waals surface area contributed by atoms with Gasteiger partial charge in [0, 0.05) is 16.3 Å². The summed E-state index contributed by atoms with van der Waals surface area (Å²) in [5.74, 6) is -0.427. The van der Waals surface area contributed by atoms with Gasteiger partial charge in [0.15, 0.2) is 0 Å². The van der Waals surface area contributed by atoms with E-state index in [0.29, 0.717) is 27.3 Å². The van der Waals surface area contributed by atoms with Crippen molar-refractivity contribution in [3.8, 4) is 10.6 Å². The maximum atomic E-state index is 13.0. The van der Waals surface area contributed by atoms with Crippen molar-refractivity contribution in [1.29, 1.82) is 0 Å². The highest BCUT2D eigenvalue weighted by atomic mass is 35.5. The summed E-state index contributed by atoms with van der Waals surface area (Å²) < 4.78 is 0. The maximum Gasteiger partial charge on any atom is 0.319 e. The molecule has 3 aromatic rings. The monoisotopic (exact) mass is 471 g/mol. The van der Waals surface area contributed by atoms with Crippen molar-refractivity contribution in [2.24, 2.45) is 5.92 Å². The number of urea groups is 1. The summed E-state index contributed by atoms with van der Waals surface area (Å²) in [6, 6.07) is 11.8. The molecular weight excluding hydrogens is 446 g/mol. The van der Waals surface area contributed by atoms with Crippen molar-refractivity contribution in [1.82, 2.24) is 15.5 Å². The molecule has 2 atom stereocenters. The Morgan fingerprint density at radius 2 is 1.84 bits per heavy atom. The molecule has 0 spiro atoms. The van der Waals surface area contributed by atoms with Gasteiger partial charge in [-0.05, 0) is 49.1 Å². The van der Waals surface area contributed by atoms with E-state index in [1.54, 1.807) is 12.1 Å². The molecule has 9 heteroatoms. The quantitative estimate of drug-likeness (QED) is 0.414. The first-order valence-electron chi connectivity index (χ1n) is 10.3. The summed E-state index contributed by atoms with van der Waals surface area (Å²) >= 11 is 7.29. The molecule has 2 aromatic carbocycles. The molecule has 0 bridgehead atoms. The molecule has 0 unspecified atom stereocenters. The number of carbonyl (C=O) groups excluding carboxylic acids is 2. The van der Waals surface area contributed by atoms with Crippen LogP contribution in [0.2, 0.25) is 5.02 Å². The van der Waals surface area contributed by atoms with Crippen LogP contribution in [0.5, 0.6) is 0 Å². The largest absolute Gasteiger partial charge is 0.326 e. The van der Waals surface area contributed by atoms with Crippen LogP contribution in [0, 0.1) is 19.8 Å². The molecule has 0 aliphatic rings. The highest BCUT2D eigenvalue weighted by Crippen LogP contribution is 2.28. The smallest absolute Gasteiger partial charge is 0.319 e. The Hall–Kier alpha value is -2.97. The van der Waals surface area contributed by atoms with Crippen molar-refractivity contribution in [3.05, 3.63) is 58.6 Å². The lowest BCUT2D eigenvalue weighted by atomic mass is 9.98. The summed E-state index contributed by atoms with van der Waals surface area (Å²) in [5, 5.41) is 18.2. The third kappa shape index (κ3) is 5.83. The van der Waals surface area contributed by atoms with Crippen LogP contribution in [0.1, 0.15) is 31.4 Å². The molecule has 0 saturated heterocycles. The van der Waals surface area contributed by atoms with Gasteiger partial charge < -0.3 is 10.6 Å². The number of halogens is 1. The number of benzene rings is 2. The molecule has 32 heavy (non-hydrogen) atoms. The predicted octanol–water partition coefficient (Wildman–Crippen LogP) is 5.65. The van der Waals surface area contributed by atoms with Gasteiger partial charge in [0.1, 0.15) is 11.0 Å². The highest BCUT2D eigenvalue weighted by molar-refractivity contribution is 7.18. The normalized spacial score (nSPS) is 12.7. The number of anilines is 2. The second-order valence-corrected chi connectivity index (χ2v) is 9.04. The zero-order chi connectivity index (χ0) is 23.3. The number of nitrogens with one attached hydrogen (secondary N) is 3. The van der Waals surface area contributed by atoms with Crippen LogP contribution >= 0.6 is 22.9 Å². The minimum atomic E-state index is -0.733. The van der Waals surface area contributed by atoms with E-state index in [4.69, 9.17) is 11.6 Å². The van der Waals surface area contributed by atoms with Gasteiger partial charge in [0.05, 0.1) is 0 Å². The fraction of sp³-hybridized carbons (Fsp3) is 0.304. The lowest BCUT2D eigenvalue weighted by molar-refractivity contribution is -0.119. The number of nitrogens with zero attached hydrogens (tertiary/aromatic N) is 2. The zero-order valence-electron chi connectivity index (χ0n) is 18.4. The summed E-state index contributed by atoms with van der Waals surface area (Å²) in [7, 11) is 0. The molecule has 1 heterocycles. The van der Waals surface area contributed by atoms with E-state index in [1.807, 2.05) is 58.0 Å². The van der Waals surface area contributed by atoms with Crippen molar-refractivity contribution in [2.75, 3.05) is 10.6 Å². The molecule has 3 amide bonds. The van der Waals surface area contributed by atoms with Crippen LogP contribution in [-0.2, 0) is 4.79 Å². The SMILES string of the molecule is CC[C@H](C)[C@@H](NC(=O)Nc1cccc(C)c1C)C(=O)Nc1nnc(-c2cccc(Cl)c2)s1.